The number of benzene rings is 2. The van der Waals surface area contributed by atoms with Gasteiger partial charge in [0.05, 0.1) is 11.2 Å². The summed E-state index contributed by atoms with van der Waals surface area (Å²) in [5.74, 6) is -0.219. The molecule has 0 saturated carbocycles. The molecule has 0 aliphatic rings. The number of unbranched alkanes of at least 4 members (excludes halogenated alkanes) is 1. The predicted molar refractivity (Wildman–Crippen MR) is 104 cm³/mol. The summed E-state index contributed by atoms with van der Waals surface area (Å²) in [5, 5.41) is 1.17. The van der Waals surface area contributed by atoms with E-state index in [1.807, 2.05) is 12.1 Å². The van der Waals surface area contributed by atoms with Crippen molar-refractivity contribution in [3.8, 4) is 11.3 Å². The summed E-state index contributed by atoms with van der Waals surface area (Å²) >= 11 is 0. The lowest BCUT2D eigenvalue weighted by atomic mass is 9.97. The van der Waals surface area contributed by atoms with Gasteiger partial charge in [-0.2, -0.15) is 0 Å². The number of rotatable bonds is 6. The second kappa shape index (κ2) is 7.60. The van der Waals surface area contributed by atoms with E-state index in [4.69, 9.17) is 4.98 Å². The summed E-state index contributed by atoms with van der Waals surface area (Å²) in [5.41, 5.74) is 6.61. The smallest absolute Gasteiger partial charge is 0.123 e. The minimum atomic E-state index is -0.219. The Bertz CT molecular complexity index is 894. The topological polar surface area (TPSA) is 12.9 Å². The van der Waals surface area contributed by atoms with Gasteiger partial charge in [-0.3, -0.25) is 0 Å². The molecule has 1 heterocycles. The molecular formula is C23H24FN. The number of nitrogens with zero attached hydrogens (tertiary/aromatic N) is 1. The Morgan fingerprint density at radius 2 is 1.80 bits per heavy atom. The molecular weight excluding hydrogens is 309 g/mol. The largest absolute Gasteiger partial charge is 0.248 e. The lowest BCUT2D eigenvalue weighted by Crippen LogP contribution is -1.96. The molecule has 0 aliphatic heterocycles. The van der Waals surface area contributed by atoms with Crippen LogP contribution in [0.5, 0.6) is 0 Å². The van der Waals surface area contributed by atoms with E-state index in [1.165, 1.54) is 34.2 Å². The van der Waals surface area contributed by atoms with Crippen molar-refractivity contribution in [2.24, 2.45) is 0 Å². The van der Waals surface area contributed by atoms with E-state index >= 15 is 0 Å². The summed E-state index contributed by atoms with van der Waals surface area (Å²) < 4.78 is 13.3. The number of aromatic nitrogens is 1. The van der Waals surface area contributed by atoms with Gasteiger partial charge in [-0.05, 0) is 87.6 Å². The van der Waals surface area contributed by atoms with Gasteiger partial charge in [-0.1, -0.05) is 17.2 Å². The van der Waals surface area contributed by atoms with Crippen LogP contribution in [-0.4, -0.2) is 4.98 Å². The van der Waals surface area contributed by atoms with E-state index in [0.717, 1.165) is 42.5 Å². The summed E-state index contributed by atoms with van der Waals surface area (Å²) in [6.45, 7) is 8.15. The molecule has 0 bridgehead atoms. The van der Waals surface area contributed by atoms with Crippen LogP contribution >= 0.6 is 0 Å². The first kappa shape index (κ1) is 17.3. The zero-order chi connectivity index (χ0) is 17.8. The molecule has 0 saturated heterocycles. The maximum Gasteiger partial charge on any atom is 0.123 e. The van der Waals surface area contributed by atoms with Crippen LogP contribution in [0.3, 0.4) is 0 Å². The molecule has 0 amide bonds. The van der Waals surface area contributed by atoms with Gasteiger partial charge in [0, 0.05) is 10.9 Å². The molecule has 0 atom stereocenters. The van der Waals surface area contributed by atoms with Crippen LogP contribution in [-0.2, 0) is 6.42 Å². The minimum absolute atomic E-state index is 0.219. The Balaban J connectivity index is 1.99. The third-order valence-electron chi connectivity index (χ3n) is 4.47. The average Bonchev–Trinajstić information content (AvgIpc) is 2.58. The van der Waals surface area contributed by atoms with E-state index < -0.39 is 0 Å². The number of allylic oxidation sites excluding steroid dienone is 1. The Hall–Kier alpha value is -2.48. The fourth-order valence-corrected chi connectivity index (χ4v) is 3.13. The van der Waals surface area contributed by atoms with Crippen LogP contribution in [0, 0.1) is 12.7 Å². The second-order valence-corrected chi connectivity index (χ2v) is 6.86. The van der Waals surface area contributed by atoms with Gasteiger partial charge in [0.15, 0.2) is 0 Å². The van der Waals surface area contributed by atoms with Crippen molar-refractivity contribution in [3.63, 3.8) is 0 Å². The molecule has 2 aromatic carbocycles. The van der Waals surface area contributed by atoms with E-state index in [2.05, 4.69) is 44.7 Å². The standard InChI is InChI=1S/C23H24FN/c1-16(2)6-4-5-7-19-15-20-14-17(3)8-13-22(20)25-23(19)18-9-11-21(24)12-10-18/h8-15H,1,4-7H2,2-3H3. The van der Waals surface area contributed by atoms with E-state index in [0.29, 0.717) is 0 Å². The molecule has 25 heavy (non-hydrogen) atoms. The zero-order valence-electron chi connectivity index (χ0n) is 15.0. The molecule has 3 aromatic rings. The maximum atomic E-state index is 13.3. The van der Waals surface area contributed by atoms with Crippen molar-refractivity contribution in [1.29, 1.82) is 0 Å². The Morgan fingerprint density at radius 1 is 1.04 bits per heavy atom. The van der Waals surface area contributed by atoms with Crippen LogP contribution in [0.25, 0.3) is 22.2 Å². The highest BCUT2D eigenvalue weighted by atomic mass is 19.1. The van der Waals surface area contributed by atoms with Crippen LogP contribution in [0.15, 0.2) is 60.7 Å². The fourth-order valence-electron chi connectivity index (χ4n) is 3.13. The molecule has 2 heteroatoms. The molecule has 0 N–H and O–H groups in total. The van der Waals surface area contributed by atoms with Gasteiger partial charge in [-0.15, -0.1) is 6.58 Å². The van der Waals surface area contributed by atoms with E-state index in [1.54, 1.807) is 0 Å². The summed E-state index contributed by atoms with van der Waals surface area (Å²) in [6.07, 6.45) is 4.26. The first-order valence-corrected chi connectivity index (χ1v) is 8.83. The van der Waals surface area contributed by atoms with E-state index in [-0.39, 0.29) is 5.82 Å². The van der Waals surface area contributed by atoms with Crippen molar-refractivity contribution >= 4 is 10.9 Å². The number of fused-ring (bicyclic) bond motifs is 1. The number of halogens is 1. The molecule has 128 valence electrons. The van der Waals surface area contributed by atoms with Crippen LogP contribution < -0.4 is 0 Å². The van der Waals surface area contributed by atoms with Gasteiger partial charge in [0.1, 0.15) is 5.82 Å². The first-order valence-electron chi connectivity index (χ1n) is 8.83. The minimum Gasteiger partial charge on any atom is -0.248 e. The maximum absolute atomic E-state index is 13.3. The van der Waals surface area contributed by atoms with E-state index in [9.17, 15) is 4.39 Å². The third-order valence-corrected chi connectivity index (χ3v) is 4.47. The van der Waals surface area contributed by atoms with Crippen LogP contribution in [0.4, 0.5) is 4.39 Å². The average molecular weight is 333 g/mol. The molecule has 0 aliphatic carbocycles. The zero-order valence-corrected chi connectivity index (χ0v) is 15.0. The Labute approximate surface area is 149 Å². The molecule has 0 radical (unpaired) electrons. The fraction of sp³-hybridized carbons (Fsp3) is 0.261. The van der Waals surface area contributed by atoms with Crippen molar-refractivity contribution < 1.29 is 4.39 Å². The van der Waals surface area contributed by atoms with Crippen molar-refractivity contribution in [2.45, 2.75) is 39.5 Å². The first-order chi connectivity index (χ1) is 12.0. The summed E-state index contributed by atoms with van der Waals surface area (Å²) in [4.78, 5) is 4.89. The van der Waals surface area contributed by atoms with Gasteiger partial charge in [0.25, 0.3) is 0 Å². The molecule has 0 fully saturated rings. The van der Waals surface area contributed by atoms with Gasteiger partial charge >= 0.3 is 0 Å². The lowest BCUT2D eigenvalue weighted by molar-refractivity contribution is 0.628. The summed E-state index contributed by atoms with van der Waals surface area (Å²) in [7, 11) is 0. The predicted octanol–water partition coefficient (Wildman–Crippen LogP) is 6.64. The molecule has 1 nitrogen and oxygen atoms in total. The molecule has 0 spiro atoms. The lowest BCUT2D eigenvalue weighted by Gasteiger charge is -2.12. The molecule has 0 unspecified atom stereocenters. The SMILES string of the molecule is C=C(C)CCCCc1cc2cc(C)ccc2nc1-c1ccc(F)cc1. The monoisotopic (exact) mass is 333 g/mol. The highest BCUT2D eigenvalue weighted by molar-refractivity contribution is 5.84. The highest BCUT2D eigenvalue weighted by Gasteiger charge is 2.10. The van der Waals surface area contributed by atoms with Crippen molar-refractivity contribution in [3.05, 3.63) is 77.6 Å². The number of aryl methyl sites for hydroxylation is 2. The van der Waals surface area contributed by atoms with Crippen molar-refractivity contribution in [2.75, 3.05) is 0 Å². The van der Waals surface area contributed by atoms with Crippen molar-refractivity contribution in [1.82, 2.24) is 4.98 Å². The Kier molecular flexibility index (Phi) is 5.28. The van der Waals surface area contributed by atoms with Crippen LogP contribution in [0.1, 0.15) is 37.3 Å². The Morgan fingerprint density at radius 3 is 2.52 bits per heavy atom. The number of hydrogen-bond acceptors (Lipinski definition) is 1. The normalized spacial score (nSPS) is 11.0. The van der Waals surface area contributed by atoms with Gasteiger partial charge < -0.3 is 0 Å². The quantitative estimate of drug-likeness (QED) is 0.364. The molecule has 3 rings (SSSR count). The number of pyridine rings is 1. The van der Waals surface area contributed by atoms with Crippen LogP contribution in [0.2, 0.25) is 0 Å². The highest BCUT2D eigenvalue weighted by Crippen LogP contribution is 2.28. The molecule has 1 aromatic heterocycles. The summed E-state index contributed by atoms with van der Waals surface area (Å²) in [6, 6.07) is 15.2. The third kappa shape index (κ3) is 4.33. The second-order valence-electron chi connectivity index (χ2n) is 6.86. The van der Waals surface area contributed by atoms with Gasteiger partial charge in [0.2, 0.25) is 0 Å². The van der Waals surface area contributed by atoms with Gasteiger partial charge in [-0.25, -0.2) is 9.37 Å². The number of hydrogen-bond donors (Lipinski definition) is 0.